The Hall–Kier alpha value is -3.19. The van der Waals surface area contributed by atoms with Crippen LogP contribution in [0.2, 0.25) is 0 Å². The normalized spacial score (nSPS) is 12.3. The van der Waals surface area contributed by atoms with Gasteiger partial charge in [0.15, 0.2) is 0 Å². The Morgan fingerprint density at radius 3 is 2.80 bits per heavy atom. The van der Waals surface area contributed by atoms with Crippen LogP contribution in [0.25, 0.3) is 11.3 Å². The van der Waals surface area contributed by atoms with Gasteiger partial charge in [0.2, 0.25) is 0 Å². The average molecular weight is 406 g/mol. The van der Waals surface area contributed by atoms with Gasteiger partial charge in [-0.2, -0.15) is 5.10 Å². The Bertz CT molecular complexity index is 1030. The number of aromatic carboxylic acids is 1. The second-order valence-electron chi connectivity index (χ2n) is 7.44. The Kier molecular flexibility index (Phi) is 6.09. The van der Waals surface area contributed by atoms with Gasteiger partial charge in [-0.25, -0.2) is 4.79 Å². The summed E-state index contributed by atoms with van der Waals surface area (Å²) in [5, 5.41) is 17.9. The fourth-order valence-electron chi connectivity index (χ4n) is 3.97. The third-order valence-electron chi connectivity index (χ3n) is 5.53. The Labute approximate surface area is 175 Å². The lowest BCUT2D eigenvalue weighted by molar-refractivity contribution is 0.0681. The van der Waals surface area contributed by atoms with E-state index < -0.39 is 5.97 Å². The minimum Gasteiger partial charge on any atom is -0.497 e. The van der Waals surface area contributed by atoms with Gasteiger partial charge in [-0.15, -0.1) is 0 Å². The number of carboxylic acid groups (broad SMARTS) is 1. The first-order valence-electron chi connectivity index (χ1n) is 10.3. The van der Waals surface area contributed by atoms with Crippen molar-refractivity contribution in [1.82, 2.24) is 20.1 Å². The summed E-state index contributed by atoms with van der Waals surface area (Å²) in [7, 11) is 1.66. The average Bonchev–Trinajstić information content (AvgIpc) is 3.15. The lowest BCUT2D eigenvalue weighted by atomic mass is 9.90. The predicted molar refractivity (Wildman–Crippen MR) is 114 cm³/mol. The fraction of sp³-hybridized carbons (Fsp3) is 0.348. The van der Waals surface area contributed by atoms with Crippen molar-refractivity contribution >= 4 is 5.97 Å². The van der Waals surface area contributed by atoms with Gasteiger partial charge in [0.1, 0.15) is 11.4 Å². The van der Waals surface area contributed by atoms with Crippen LogP contribution in [-0.2, 0) is 25.8 Å². The smallest absolute Gasteiger partial charge is 0.354 e. The molecule has 2 heterocycles. The summed E-state index contributed by atoms with van der Waals surface area (Å²) in [6.45, 7) is 2.25. The molecule has 1 aliphatic rings. The molecule has 0 atom stereocenters. The zero-order valence-corrected chi connectivity index (χ0v) is 17.1. The monoisotopic (exact) mass is 406 g/mol. The number of pyridine rings is 1. The number of benzene rings is 1. The van der Waals surface area contributed by atoms with Crippen molar-refractivity contribution in [2.24, 2.45) is 0 Å². The van der Waals surface area contributed by atoms with Crippen molar-refractivity contribution < 1.29 is 14.6 Å². The molecule has 0 aliphatic heterocycles. The molecule has 0 spiro atoms. The van der Waals surface area contributed by atoms with Crippen LogP contribution < -0.4 is 10.1 Å². The number of carbonyl (C=O) groups is 1. The molecule has 30 heavy (non-hydrogen) atoms. The largest absolute Gasteiger partial charge is 0.497 e. The van der Waals surface area contributed by atoms with Crippen LogP contribution in [0.3, 0.4) is 0 Å². The number of methoxy groups -OCH3 is 1. The Morgan fingerprint density at radius 2 is 2.03 bits per heavy atom. The van der Waals surface area contributed by atoms with Crippen LogP contribution in [0.5, 0.6) is 5.75 Å². The van der Waals surface area contributed by atoms with Gasteiger partial charge in [0, 0.05) is 30.1 Å². The molecule has 1 aromatic carbocycles. The summed E-state index contributed by atoms with van der Waals surface area (Å²) in [5.74, 6) is -0.0459. The van der Waals surface area contributed by atoms with E-state index in [-0.39, 0.29) is 0 Å². The van der Waals surface area contributed by atoms with Gasteiger partial charge < -0.3 is 15.2 Å². The highest BCUT2D eigenvalue weighted by Gasteiger charge is 2.27. The van der Waals surface area contributed by atoms with Crippen molar-refractivity contribution in [1.29, 1.82) is 0 Å². The zero-order chi connectivity index (χ0) is 20.9. The maximum absolute atomic E-state index is 11.9. The number of nitrogens with zero attached hydrogens (tertiary/aromatic N) is 3. The molecule has 0 unspecified atom stereocenters. The number of nitrogens with one attached hydrogen (secondary N) is 1. The van der Waals surface area contributed by atoms with E-state index in [0.29, 0.717) is 18.7 Å². The van der Waals surface area contributed by atoms with Crippen molar-refractivity contribution in [2.45, 2.75) is 32.2 Å². The summed E-state index contributed by atoms with van der Waals surface area (Å²) < 4.78 is 6.84. The molecule has 7 nitrogen and oxygen atoms in total. The minimum atomic E-state index is -0.909. The van der Waals surface area contributed by atoms with E-state index in [1.807, 2.05) is 24.4 Å². The minimum absolute atomic E-state index is 0.325. The van der Waals surface area contributed by atoms with E-state index in [4.69, 9.17) is 4.74 Å². The van der Waals surface area contributed by atoms with Crippen LogP contribution >= 0.6 is 0 Å². The molecular formula is C23H26N4O3. The molecule has 0 fully saturated rings. The third kappa shape index (κ3) is 4.21. The number of aryl methyl sites for hydroxylation is 2. The molecule has 0 bridgehead atoms. The first-order valence-corrected chi connectivity index (χ1v) is 10.3. The summed E-state index contributed by atoms with van der Waals surface area (Å²) in [5.41, 5.74) is 5.35. The highest BCUT2D eigenvalue weighted by atomic mass is 16.5. The standard InChI is InChI=1S/C23H26N4O3/c1-30-18-6-3-16(4-7-18)9-12-24-11-2-14-27-22(23(28)29)20-8-5-17-15-25-13-10-19(17)21(20)26-27/h3-4,6-7,10,13,15,24H,2,5,8-9,11-12,14H2,1H3,(H,28,29). The van der Waals surface area contributed by atoms with E-state index in [0.717, 1.165) is 60.5 Å². The highest BCUT2D eigenvalue weighted by molar-refractivity contribution is 5.90. The van der Waals surface area contributed by atoms with Gasteiger partial charge >= 0.3 is 5.97 Å². The van der Waals surface area contributed by atoms with Crippen LogP contribution in [-0.4, -0.2) is 46.0 Å². The van der Waals surface area contributed by atoms with Crippen LogP contribution in [0.1, 0.15) is 33.6 Å². The van der Waals surface area contributed by atoms with Gasteiger partial charge in [-0.3, -0.25) is 9.67 Å². The summed E-state index contributed by atoms with van der Waals surface area (Å²) in [6.07, 6.45) is 6.83. The topological polar surface area (TPSA) is 89.3 Å². The lowest BCUT2D eigenvalue weighted by Crippen LogP contribution is -2.21. The fourth-order valence-corrected chi connectivity index (χ4v) is 3.97. The van der Waals surface area contributed by atoms with E-state index in [2.05, 4.69) is 27.5 Å². The van der Waals surface area contributed by atoms with Crippen molar-refractivity contribution in [3.63, 3.8) is 0 Å². The quantitative estimate of drug-likeness (QED) is 0.531. The summed E-state index contributed by atoms with van der Waals surface area (Å²) in [4.78, 5) is 16.1. The molecule has 0 saturated carbocycles. The molecule has 1 aliphatic carbocycles. The highest BCUT2D eigenvalue weighted by Crippen LogP contribution is 2.34. The van der Waals surface area contributed by atoms with E-state index in [1.165, 1.54) is 5.56 Å². The van der Waals surface area contributed by atoms with Gasteiger partial charge in [-0.05, 0) is 68.1 Å². The van der Waals surface area contributed by atoms with Crippen molar-refractivity contribution in [2.75, 3.05) is 20.2 Å². The third-order valence-corrected chi connectivity index (χ3v) is 5.53. The van der Waals surface area contributed by atoms with Crippen LogP contribution in [0.15, 0.2) is 42.7 Å². The Morgan fingerprint density at radius 1 is 1.20 bits per heavy atom. The number of aromatic nitrogens is 3. The summed E-state index contributed by atoms with van der Waals surface area (Å²) >= 11 is 0. The number of hydrogen-bond donors (Lipinski definition) is 2. The van der Waals surface area contributed by atoms with Crippen molar-refractivity contribution in [3.8, 4) is 17.0 Å². The maximum Gasteiger partial charge on any atom is 0.354 e. The molecule has 156 valence electrons. The molecule has 3 aromatic rings. The van der Waals surface area contributed by atoms with E-state index in [1.54, 1.807) is 18.0 Å². The van der Waals surface area contributed by atoms with Gasteiger partial charge in [0.05, 0.1) is 12.8 Å². The molecule has 7 heteroatoms. The number of rotatable bonds is 9. The van der Waals surface area contributed by atoms with E-state index in [9.17, 15) is 9.90 Å². The number of ether oxygens (including phenoxy) is 1. The molecule has 2 N–H and O–H groups in total. The lowest BCUT2D eigenvalue weighted by Gasteiger charge is -2.14. The summed E-state index contributed by atoms with van der Waals surface area (Å²) in [6, 6.07) is 10.0. The van der Waals surface area contributed by atoms with Gasteiger partial charge in [-0.1, -0.05) is 12.1 Å². The molecule has 0 saturated heterocycles. The number of fused-ring (bicyclic) bond motifs is 3. The predicted octanol–water partition coefficient (Wildman–Crippen LogP) is 2.97. The second-order valence-corrected chi connectivity index (χ2v) is 7.44. The molecule has 0 amide bonds. The SMILES string of the molecule is COc1ccc(CCNCCCn2nc3c(c2C(=O)O)CCc2cnccc2-3)cc1. The molecule has 4 rings (SSSR count). The first kappa shape index (κ1) is 20.1. The maximum atomic E-state index is 11.9. The van der Waals surface area contributed by atoms with Crippen LogP contribution in [0, 0.1) is 0 Å². The first-order chi connectivity index (χ1) is 14.7. The Balaban J connectivity index is 1.34. The second kappa shape index (κ2) is 9.09. The van der Waals surface area contributed by atoms with E-state index >= 15 is 0 Å². The van der Waals surface area contributed by atoms with Crippen LogP contribution in [0.4, 0.5) is 0 Å². The molecular weight excluding hydrogens is 380 g/mol. The number of carboxylic acids is 1. The molecule has 2 aromatic heterocycles. The molecule has 0 radical (unpaired) electrons. The number of hydrogen-bond acceptors (Lipinski definition) is 5. The zero-order valence-electron chi connectivity index (χ0n) is 17.1. The van der Waals surface area contributed by atoms with Crippen molar-refractivity contribution in [3.05, 3.63) is 65.1 Å². The van der Waals surface area contributed by atoms with Gasteiger partial charge in [0.25, 0.3) is 0 Å².